The molecule has 5 heteroatoms. The Labute approximate surface area is 150 Å². The first-order valence-corrected chi connectivity index (χ1v) is 8.53. The first-order chi connectivity index (χ1) is 11.8. The zero-order chi connectivity index (χ0) is 18.1. The molecule has 0 radical (unpaired) electrons. The lowest BCUT2D eigenvalue weighted by Gasteiger charge is -2.32. The molecule has 1 heterocycles. The van der Waals surface area contributed by atoms with E-state index >= 15 is 0 Å². The predicted octanol–water partition coefficient (Wildman–Crippen LogP) is 3.57. The molecule has 25 heavy (non-hydrogen) atoms. The van der Waals surface area contributed by atoms with Gasteiger partial charge in [-0.1, -0.05) is 36.4 Å². The van der Waals surface area contributed by atoms with Gasteiger partial charge in [0.15, 0.2) is 0 Å². The molecule has 0 saturated carbocycles. The van der Waals surface area contributed by atoms with Gasteiger partial charge in [-0.2, -0.15) is 0 Å². The minimum atomic E-state index is -0.455. The van der Waals surface area contributed by atoms with Crippen LogP contribution in [-0.2, 0) is 15.9 Å². The fourth-order valence-corrected chi connectivity index (χ4v) is 2.69. The van der Waals surface area contributed by atoms with Gasteiger partial charge in [-0.25, -0.2) is 0 Å². The van der Waals surface area contributed by atoms with Crippen LogP contribution in [0.25, 0.3) is 0 Å². The SMILES string of the molecule is COc1cc(OCc2ccccc2)ccc1B1OC(C)(C)C(C)(C)O1. The van der Waals surface area contributed by atoms with Crippen molar-refractivity contribution in [1.29, 1.82) is 0 Å². The Hall–Kier alpha value is -1.98. The third-order valence-corrected chi connectivity index (χ3v) is 4.96. The number of benzene rings is 2. The molecule has 0 N–H and O–H groups in total. The molecule has 4 nitrogen and oxygen atoms in total. The van der Waals surface area contributed by atoms with Crippen molar-refractivity contribution in [3.05, 3.63) is 54.1 Å². The second-order valence-corrected chi connectivity index (χ2v) is 7.27. The van der Waals surface area contributed by atoms with E-state index < -0.39 is 7.12 Å². The molecule has 1 fully saturated rings. The normalized spacial score (nSPS) is 18.2. The van der Waals surface area contributed by atoms with Crippen LogP contribution >= 0.6 is 0 Å². The second-order valence-electron chi connectivity index (χ2n) is 7.27. The molecule has 1 aliphatic rings. The molecular formula is C20H25BO4. The third kappa shape index (κ3) is 3.67. The minimum Gasteiger partial charge on any atom is -0.497 e. The highest BCUT2D eigenvalue weighted by Crippen LogP contribution is 2.37. The summed E-state index contributed by atoms with van der Waals surface area (Å²) in [5.74, 6) is 1.45. The summed E-state index contributed by atoms with van der Waals surface area (Å²) in [5.41, 5.74) is 1.22. The molecule has 132 valence electrons. The maximum Gasteiger partial charge on any atom is 0.498 e. The quantitative estimate of drug-likeness (QED) is 0.780. The largest absolute Gasteiger partial charge is 0.498 e. The molecule has 2 aromatic rings. The summed E-state index contributed by atoms with van der Waals surface area (Å²) in [6.07, 6.45) is 0. The lowest BCUT2D eigenvalue weighted by Crippen LogP contribution is -2.41. The Kier molecular flexibility index (Phi) is 4.80. The van der Waals surface area contributed by atoms with Crippen molar-refractivity contribution in [2.75, 3.05) is 7.11 Å². The van der Waals surface area contributed by atoms with Crippen LogP contribution in [0.4, 0.5) is 0 Å². The van der Waals surface area contributed by atoms with Crippen LogP contribution in [0.2, 0.25) is 0 Å². The Morgan fingerprint density at radius 3 is 2.16 bits per heavy atom. The molecule has 0 atom stereocenters. The molecule has 0 aliphatic carbocycles. The molecular weight excluding hydrogens is 315 g/mol. The topological polar surface area (TPSA) is 36.9 Å². The van der Waals surface area contributed by atoms with Crippen LogP contribution in [-0.4, -0.2) is 25.4 Å². The first kappa shape index (κ1) is 17.8. The van der Waals surface area contributed by atoms with E-state index in [1.165, 1.54) is 0 Å². The molecule has 0 spiro atoms. The summed E-state index contributed by atoms with van der Waals surface area (Å²) in [6.45, 7) is 8.67. The Morgan fingerprint density at radius 2 is 1.56 bits per heavy atom. The van der Waals surface area contributed by atoms with E-state index in [0.717, 1.165) is 16.8 Å². The van der Waals surface area contributed by atoms with Crippen LogP contribution in [0, 0.1) is 0 Å². The molecule has 2 aromatic carbocycles. The molecule has 1 saturated heterocycles. The van der Waals surface area contributed by atoms with Gasteiger partial charge in [0.25, 0.3) is 0 Å². The number of methoxy groups -OCH3 is 1. The maximum atomic E-state index is 6.12. The number of hydrogen-bond donors (Lipinski definition) is 0. The van der Waals surface area contributed by atoms with E-state index in [1.807, 2.05) is 76.2 Å². The van der Waals surface area contributed by atoms with E-state index in [0.29, 0.717) is 12.4 Å². The van der Waals surface area contributed by atoms with Crippen LogP contribution in [0.1, 0.15) is 33.3 Å². The standard InChI is InChI=1S/C20H25BO4/c1-19(2)20(3,4)25-21(24-19)17-12-11-16(13-18(17)22-5)23-14-15-9-7-6-8-10-15/h6-13H,14H2,1-5H3. The van der Waals surface area contributed by atoms with Crippen LogP contribution in [0.3, 0.4) is 0 Å². The van der Waals surface area contributed by atoms with Gasteiger partial charge in [0.2, 0.25) is 0 Å². The molecule has 0 amide bonds. The van der Waals surface area contributed by atoms with Crippen molar-refractivity contribution in [2.24, 2.45) is 0 Å². The smallest absolute Gasteiger partial charge is 0.497 e. The Balaban J connectivity index is 1.76. The third-order valence-electron chi connectivity index (χ3n) is 4.96. The van der Waals surface area contributed by atoms with Crippen LogP contribution < -0.4 is 14.9 Å². The summed E-state index contributed by atoms with van der Waals surface area (Å²) in [4.78, 5) is 0. The molecule has 0 aromatic heterocycles. The van der Waals surface area contributed by atoms with E-state index in [-0.39, 0.29) is 11.2 Å². The van der Waals surface area contributed by atoms with Crippen LogP contribution in [0.5, 0.6) is 11.5 Å². The van der Waals surface area contributed by atoms with Gasteiger partial charge in [0.1, 0.15) is 18.1 Å². The average Bonchev–Trinajstić information content (AvgIpc) is 2.81. The van der Waals surface area contributed by atoms with E-state index in [1.54, 1.807) is 7.11 Å². The Bertz CT molecular complexity index is 712. The van der Waals surface area contributed by atoms with Crippen LogP contribution in [0.15, 0.2) is 48.5 Å². The van der Waals surface area contributed by atoms with Gasteiger partial charge < -0.3 is 18.8 Å². The monoisotopic (exact) mass is 340 g/mol. The van der Waals surface area contributed by atoms with Gasteiger partial charge in [-0.05, 0) is 39.3 Å². The van der Waals surface area contributed by atoms with Gasteiger partial charge in [-0.3, -0.25) is 0 Å². The highest BCUT2D eigenvalue weighted by atomic mass is 16.7. The Morgan fingerprint density at radius 1 is 0.920 bits per heavy atom. The van der Waals surface area contributed by atoms with Crippen molar-refractivity contribution < 1.29 is 18.8 Å². The molecule has 0 unspecified atom stereocenters. The van der Waals surface area contributed by atoms with Gasteiger partial charge in [-0.15, -0.1) is 0 Å². The van der Waals surface area contributed by atoms with E-state index in [4.69, 9.17) is 18.8 Å². The number of hydrogen-bond acceptors (Lipinski definition) is 4. The highest BCUT2D eigenvalue weighted by Gasteiger charge is 2.52. The number of ether oxygens (including phenoxy) is 2. The maximum absolute atomic E-state index is 6.12. The minimum absolute atomic E-state index is 0.384. The summed E-state index contributed by atoms with van der Waals surface area (Å²) >= 11 is 0. The van der Waals surface area contributed by atoms with Crippen molar-refractivity contribution in [2.45, 2.75) is 45.5 Å². The first-order valence-electron chi connectivity index (χ1n) is 8.53. The zero-order valence-electron chi connectivity index (χ0n) is 15.5. The second kappa shape index (κ2) is 6.73. The summed E-state index contributed by atoms with van der Waals surface area (Å²) in [5, 5.41) is 0. The summed E-state index contributed by atoms with van der Waals surface area (Å²) in [7, 11) is 1.19. The molecule has 0 bridgehead atoms. The van der Waals surface area contributed by atoms with Gasteiger partial charge in [0, 0.05) is 11.5 Å². The van der Waals surface area contributed by atoms with Gasteiger partial charge in [0.05, 0.1) is 18.3 Å². The van der Waals surface area contributed by atoms with Crippen molar-refractivity contribution in [3.8, 4) is 11.5 Å². The van der Waals surface area contributed by atoms with E-state index in [2.05, 4.69) is 0 Å². The van der Waals surface area contributed by atoms with Crippen molar-refractivity contribution in [1.82, 2.24) is 0 Å². The van der Waals surface area contributed by atoms with Crippen molar-refractivity contribution >= 4 is 12.6 Å². The average molecular weight is 340 g/mol. The number of rotatable bonds is 5. The highest BCUT2D eigenvalue weighted by molar-refractivity contribution is 6.63. The fraction of sp³-hybridized carbons (Fsp3) is 0.400. The summed E-state index contributed by atoms with van der Waals surface area (Å²) in [6, 6.07) is 15.8. The predicted molar refractivity (Wildman–Crippen MR) is 99.5 cm³/mol. The lowest BCUT2D eigenvalue weighted by atomic mass is 9.78. The molecule has 3 rings (SSSR count). The van der Waals surface area contributed by atoms with E-state index in [9.17, 15) is 0 Å². The summed E-state index contributed by atoms with van der Waals surface area (Å²) < 4.78 is 23.7. The fourth-order valence-electron chi connectivity index (χ4n) is 2.69. The molecule has 1 aliphatic heterocycles. The van der Waals surface area contributed by atoms with Crippen molar-refractivity contribution in [3.63, 3.8) is 0 Å². The lowest BCUT2D eigenvalue weighted by molar-refractivity contribution is 0.00578. The van der Waals surface area contributed by atoms with Gasteiger partial charge >= 0.3 is 7.12 Å². The zero-order valence-corrected chi connectivity index (χ0v) is 15.5.